The number of halogens is 1. The normalized spacial score (nSPS) is 10.3. The first-order valence-electron chi connectivity index (χ1n) is 5.74. The quantitative estimate of drug-likeness (QED) is 0.838. The monoisotopic (exact) mass is 262 g/mol. The summed E-state index contributed by atoms with van der Waals surface area (Å²) in [6.07, 6.45) is 3.56. The van der Waals surface area contributed by atoms with E-state index in [2.05, 4.69) is 10.3 Å². The van der Waals surface area contributed by atoms with Gasteiger partial charge in [0.05, 0.1) is 18.5 Å². The highest BCUT2D eigenvalue weighted by atomic mass is 35.5. The fourth-order valence-corrected chi connectivity index (χ4v) is 1.98. The summed E-state index contributed by atoms with van der Waals surface area (Å²) >= 11 is 6.22. The van der Waals surface area contributed by atoms with E-state index in [1.165, 1.54) is 0 Å². The topological polar surface area (TPSA) is 34.1 Å². The molecule has 0 spiro atoms. The maximum absolute atomic E-state index is 6.22. The van der Waals surface area contributed by atoms with Crippen molar-refractivity contribution in [2.24, 2.45) is 0 Å². The van der Waals surface area contributed by atoms with Crippen molar-refractivity contribution in [1.29, 1.82) is 0 Å². The van der Waals surface area contributed by atoms with Crippen LogP contribution in [0.5, 0.6) is 0 Å². The Hall–Kier alpha value is -1.58. The van der Waals surface area contributed by atoms with E-state index >= 15 is 0 Å². The Morgan fingerprint density at radius 3 is 2.83 bits per heavy atom. The number of nitrogens with zero attached hydrogens (tertiary/aromatic N) is 1. The summed E-state index contributed by atoms with van der Waals surface area (Å²) in [4.78, 5) is 4.13. The molecule has 0 bridgehead atoms. The molecule has 0 unspecified atom stereocenters. The molecular weight excluding hydrogens is 248 g/mol. The summed E-state index contributed by atoms with van der Waals surface area (Å²) in [5.74, 6) is 0. The highest BCUT2D eigenvalue weighted by Crippen LogP contribution is 2.32. The molecule has 0 aliphatic heterocycles. The van der Waals surface area contributed by atoms with E-state index < -0.39 is 0 Å². The summed E-state index contributed by atoms with van der Waals surface area (Å²) in [7, 11) is 1.68. The molecule has 0 saturated heterocycles. The molecule has 94 valence electrons. The van der Waals surface area contributed by atoms with Gasteiger partial charge in [-0.15, -0.1) is 0 Å². The van der Waals surface area contributed by atoms with Crippen molar-refractivity contribution < 1.29 is 4.74 Å². The van der Waals surface area contributed by atoms with Gasteiger partial charge in [0, 0.05) is 36.0 Å². The molecule has 3 nitrogen and oxygen atoms in total. The van der Waals surface area contributed by atoms with Gasteiger partial charge in [0.1, 0.15) is 0 Å². The Morgan fingerprint density at radius 2 is 2.06 bits per heavy atom. The maximum Gasteiger partial charge on any atom is 0.0635 e. The lowest BCUT2D eigenvalue weighted by molar-refractivity contribution is 0.211. The van der Waals surface area contributed by atoms with Crippen LogP contribution in [0.3, 0.4) is 0 Å². The number of anilines is 1. The van der Waals surface area contributed by atoms with Crippen LogP contribution in [-0.2, 0) is 4.74 Å². The minimum absolute atomic E-state index is 0.650. The van der Waals surface area contributed by atoms with Gasteiger partial charge in [0.2, 0.25) is 0 Å². The molecule has 4 heteroatoms. The summed E-state index contributed by atoms with van der Waals surface area (Å²) in [5.41, 5.74) is 3.01. The van der Waals surface area contributed by atoms with E-state index in [0.29, 0.717) is 6.61 Å². The molecule has 1 heterocycles. The van der Waals surface area contributed by atoms with Crippen LogP contribution in [0.15, 0.2) is 42.7 Å². The molecular formula is C14H15ClN2O. The van der Waals surface area contributed by atoms with Gasteiger partial charge < -0.3 is 10.1 Å². The Balaban J connectivity index is 2.30. The molecule has 0 aliphatic rings. The Bertz CT molecular complexity index is 517. The third kappa shape index (κ3) is 3.00. The maximum atomic E-state index is 6.22. The second kappa shape index (κ2) is 6.38. The van der Waals surface area contributed by atoms with E-state index in [1.807, 2.05) is 30.3 Å². The number of hydrogen-bond acceptors (Lipinski definition) is 3. The number of rotatable bonds is 5. The van der Waals surface area contributed by atoms with E-state index in [4.69, 9.17) is 16.3 Å². The zero-order valence-electron chi connectivity index (χ0n) is 10.2. The number of benzene rings is 1. The molecule has 2 rings (SSSR count). The van der Waals surface area contributed by atoms with E-state index in [9.17, 15) is 0 Å². The zero-order chi connectivity index (χ0) is 12.8. The SMILES string of the molecule is COCCNc1cnccc1-c1ccccc1Cl. The highest BCUT2D eigenvalue weighted by molar-refractivity contribution is 6.33. The van der Waals surface area contributed by atoms with Crippen LogP contribution in [0.1, 0.15) is 0 Å². The number of ether oxygens (including phenoxy) is 1. The van der Waals surface area contributed by atoms with Crippen molar-refractivity contribution in [2.45, 2.75) is 0 Å². The van der Waals surface area contributed by atoms with E-state index in [1.54, 1.807) is 19.5 Å². The van der Waals surface area contributed by atoms with E-state index in [-0.39, 0.29) is 0 Å². The van der Waals surface area contributed by atoms with Gasteiger partial charge in [-0.3, -0.25) is 4.98 Å². The predicted octanol–water partition coefficient (Wildman–Crippen LogP) is 3.46. The number of methoxy groups -OCH3 is 1. The molecule has 0 saturated carbocycles. The Kier molecular flexibility index (Phi) is 4.56. The van der Waals surface area contributed by atoms with Crippen LogP contribution < -0.4 is 5.32 Å². The van der Waals surface area contributed by atoms with Crippen LogP contribution in [-0.4, -0.2) is 25.2 Å². The molecule has 1 N–H and O–H groups in total. The third-order valence-corrected chi connectivity index (χ3v) is 2.94. The lowest BCUT2D eigenvalue weighted by atomic mass is 10.1. The number of hydrogen-bond donors (Lipinski definition) is 1. The zero-order valence-corrected chi connectivity index (χ0v) is 10.9. The fourth-order valence-electron chi connectivity index (χ4n) is 1.74. The van der Waals surface area contributed by atoms with Gasteiger partial charge in [-0.25, -0.2) is 0 Å². The molecule has 0 fully saturated rings. The van der Waals surface area contributed by atoms with Crippen LogP contribution in [0.4, 0.5) is 5.69 Å². The molecule has 0 radical (unpaired) electrons. The molecule has 0 amide bonds. The second-order valence-electron chi connectivity index (χ2n) is 3.82. The van der Waals surface area contributed by atoms with E-state index in [0.717, 1.165) is 28.4 Å². The first-order valence-corrected chi connectivity index (χ1v) is 6.12. The van der Waals surface area contributed by atoms with Gasteiger partial charge in [-0.2, -0.15) is 0 Å². The molecule has 1 aromatic carbocycles. The van der Waals surface area contributed by atoms with Crippen molar-refractivity contribution in [1.82, 2.24) is 4.98 Å². The fraction of sp³-hybridized carbons (Fsp3) is 0.214. The first kappa shape index (κ1) is 12.9. The number of nitrogens with one attached hydrogen (secondary N) is 1. The van der Waals surface area contributed by atoms with Crippen LogP contribution in [0.25, 0.3) is 11.1 Å². The molecule has 2 aromatic rings. The van der Waals surface area contributed by atoms with Crippen LogP contribution in [0, 0.1) is 0 Å². The van der Waals surface area contributed by atoms with Gasteiger partial charge in [0.15, 0.2) is 0 Å². The molecule has 1 aromatic heterocycles. The number of aromatic nitrogens is 1. The Labute approximate surface area is 112 Å². The first-order chi connectivity index (χ1) is 8.83. The second-order valence-corrected chi connectivity index (χ2v) is 4.23. The van der Waals surface area contributed by atoms with Crippen molar-refractivity contribution in [2.75, 3.05) is 25.6 Å². The average molecular weight is 263 g/mol. The van der Waals surface area contributed by atoms with Crippen LogP contribution >= 0.6 is 11.6 Å². The summed E-state index contributed by atoms with van der Waals surface area (Å²) < 4.78 is 5.02. The molecule has 0 aliphatic carbocycles. The lowest BCUT2D eigenvalue weighted by Gasteiger charge is -2.12. The van der Waals surface area contributed by atoms with Crippen molar-refractivity contribution in [3.8, 4) is 11.1 Å². The van der Waals surface area contributed by atoms with Crippen molar-refractivity contribution in [3.05, 3.63) is 47.7 Å². The number of pyridine rings is 1. The van der Waals surface area contributed by atoms with Gasteiger partial charge in [-0.05, 0) is 12.1 Å². The summed E-state index contributed by atoms with van der Waals surface area (Å²) in [6, 6.07) is 9.73. The lowest BCUT2D eigenvalue weighted by Crippen LogP contribution is -2.08. The van der Waals surface area contributed by atoms with Gasteiger partial charge >= 0.3 is 0 Å². The van der Waals surface area contributed by atoms with Gasteiger partial charge in [-0.1, -0.05) is 29.8 Å². The average Bonchev–Trinajstić information content (AvgIpc) is 2.40. The standard InChI is InChI=1S/C14H15ClN2O/c1-18-9-8-17-14-10-16-7-6-12(14)11-4-2-3-5-13(11)15/h2-7,10,17H,8-9H2,1H3. The summed E-state index contributed by atoms with van der Waals surface area (Å²) in [6.45, 7) is 1.39. The van der Waals surface area contributed by atoms with Crippen molar-refractivity contribution >= 4 is 17.3 Å². The summed E-state index contributed by atoms with van der Waals surface area (Å²) in [5, 5.41) is 4.03. The van der Waals surface area contributed by atoms with Crippen LogP contribution in [0.2, 0.25) is 5.02 Å². The minimum atomic E-state index is 0.650. The molecule has 0 atom stereocenters. The Morgan fingerprint density at radius 1 is 1.22 bits per heavy atom. The molecule has 18 heavy (non-hydrogen) atoms. The largest absolute Gasteiger partial charge is 0.383 e. The van der Waals surface area contributed by atoms with Gasteiger partial charge in [0.25, 0.3) is 0 Å². The van der Waals surface area contributed by atoms with Crippen molar-refractivity contribution in [3.63, 3.8) is 0 Å². The minimum Gasteiger partial charge on any atom is -0.383 e. The third-order valence-electron chi connectivity index (χ3n) is 2.61. The predicted molar refractivity (Wildman–Crippen MR) is 75.0 cm³/mol. The highest BCUT2D eigenvalue weighted by Gasteiger charge is 2.07. The smallest absolute Gasteiger partial charge is 0.0635 e.